The van der Waals surface area contributed by atoms with Crippen LogP contribution in [0.15, 0.2) is 0 Å². The Balaban J connectivity index is 3.51. The molecule has 0 saturated heterocycles. The lowest BCUT2D eigenvalue weighted by atomic mass is 9.75. The number of aliphatic hydroxyl groups is 2. The highest BCUT2D eigenvalue weighted by atomic mass is 16.3. The maximum atomic E-state index is 9.94. The van der Waals surface area contributed by atoms with Gasteiger partial charge in [-0.1, -0.05) is 104 Å². The van der Waals surface area contributed by atoms with Crippen LogP contribution in [0.5, 0.6) is 0 Å². The summed E-state index contributed by atoms with van der Waals surface area (Å²) in [6, 6.07) is 0. The highest BCUT2D eigenvalue weighted by molar-refractivity contribution is 4.98. The van der Waals surface area contributed by atoms with Crippen molar-refractivity contribution in [2.45, 2.75) is 142 Å². The molecule has 0 aliphatic heterocycles. The maximum absolute atomic E-state index is 9.94. The Morgan fingerprint density at radius 3 is 1.23 bits per heavy atom. The van der Waals surface area contributed by atoms with Crippen molar-refractivity contribution >= 4 is 0 Å². The predicted octanol–water partition coefficient (Wildman–Crippen LogP) is 5.95. The van der Waals surface area contributed by atoms with Crippen LogP contribution < -0.4 is 5.73 Å². The normalized spacial score (nSPS) is 17.7. The van der Waals surface area contributed by atoms with Crippen molar-refractivity contribution in [2.24, 2.45) is 11.7 Å². The van der Waals surface area contributed by atoms with Gasteiger partial charge in [-0.15, -0.1) is 0 Å². The average Bonchev–Trinajstić information content (AvgIpc) is 2.60. The molecule has 0 aliphatic carbocycles. The van der Waals surface area contributed by atoms with Gasteiger partial charge in [-0.25, -0.2) is 0 Å². The molecule has 3 nitrogen and oxygen atoms in total. The summed E-state index contributed by atoms with van der Waals surface area (Å²) in [5.74, 6) is 0.125. The van der Waals surface area contributed by atoms with E-state index in [-0.39, 0.29) is 5.92 Å². The summed E-state index contributed by atoms with van der Waals surface area (Å²) in [6.45, 7) is 7.71. The van der Waals surface area contributed by atoms with Crippen molar-refractivity contribution in [2.75, 3.05) is 0 Å². The molecule has 0 fully saturated rings. The van der Waals surface area contributed by atoms with Gasteiger partial charge < -0.3 is 15.9 Å². The Hall–Kier alpha value is -0.120. The van der Waals surface area contributed by atoms with Crippen LogP contribution in [-0.4, -0.2) is 28.0 Å². The number of aliphatic hydroxyl groups excluding tert-OH is 2. The van der Waals surface area contributed by atoms with Crippen LogP contribution in [0.25, 0.3) is 0 Å². The van der Waals surface area contributed by atoms with Gasteiger partial charge >= 0.3 is 0 Å². The van der Waals surface area contributed by atoms with Crippen LogP contribution >= 0.6 is 0 Å². The van der Waals surface area contributed by atoms with Gasteiger partial charge in [0.2, 0.25) is 0 Å². The zero-order chi connectivity index (χ0) is 19.8. The molecule has 26 heavy (non-hydrogen) atoms. The van der Waals surface area contributed by atoms with Crippen molar-refractivity contribution < 1.29 is 10.2 Å². The van der Waals surface area contributed by atoms with Gasteiger partial charge in [-0.2, -0.15) is 0 Å². The van der Waals surface area contributed by atoms with Gasteiger partial charge in [0.05, 0.1) is 17.7 Å². The van der Waals surface area contributed by atoms with E-state index >= 15 is 0 Å². The third kappa shape index (κ3) is 10.9. The van der Waals surface area contributed by atoms with Crippen molar-refractivity contribution in [3.05, 3.63) is 0 Å². The molecular formula is C23H49NO2. The van der Waals surface area contributed by atoms with E-state index in [9.17, 15) is 10.2 Å². The van der Waals surface area contributed by atoms with Gasteiger partial charge in [0.1, 0.15) is 0 Å². The van der Waals surface area contributed by atoms with E-state index < -0.39 is 17.7 Å². The first-order valence-corrected chi connectivity index (χ1v) is 11.5. The quantitative estimate of drug-likeness (QED) is 0.261. The highest BCUT2D eigenvalue weighted by Gasteiger charge is 2.40. The molecule has 0 aliphatic rings. The fourth-order valence-electron chi connectivity index (χ4n) is 4.07. The largest absolute Gasteiger partial charge is 0.391 e. The highest BCUT2D eigenvalue weighted by Crippen LogP contribution is 2.28. The van der Waals surface area contributed by atoms with Crippen molar-refractivity contribution in [3.8, 4) is 0 Å². The third-order valence-corrected chi connectivity index (χ3v) is 6.29. The molecule has 0 amide bonds. The van der Waals surface area contributed by atoms with Gasteiger partial charge in [-0.3, -0.25) is 0 Å². The first kappa shape index (κ1) is 25.9. The third-order valence-electron chi connectivity index (χ3n) is 6.29. The lowest BCUT2D eigenvalue weighted by Gasteiger charge is -2.40. The van der Waals surface area contributed by atoms with E-state index in [0.717, 1.165) is 12.8 Å². The molecule has 0 radical (unpaired) electrons. The van der Waals surface area contributed by atoms with Crippen LogP contribution in [0.3, 0.4) is 0 Å². The smallest absolute Gasteiger partial charge is 0.0719 e. The molecule has 0 rings (SSSR count). The van der Waals surface area contributed by atoms with E-state index in [1.165, 1.54) is 83.5 Å². The molecule has 0 saturated carbocycles. The molecule has 0 heterocycles. The number of unbranched alkanes of at least 4 members (excludes halogenated alkanes) is 13. The van der Waals surface area contributed by atoms with E-state index in [2.05, 4.69) is 13.8 Å². The predicted molar refractivity (Wildman–Crippen MR) is 114 cm³/mol. The fourth-order valence-corrected chi connectivity index (χ4v) is 4.07. The van der Waals surface area contributed by atoms with E-state index in [1.807, 2.05) is 0 Å². The molecule has 3 atom stereocenters. The summed E-state index contributed by atoms with van der Waals surface area (Å²) in [5, 5.41) is 19.9. The standard InChI is InChI=1S/C23H49NO2/c1-5-6-7-8-9-10-11-12-13-14-15-16-17-18-19-20(2)23(24,21(3)25)22(4)26/h20-22,25-26H,5-19,24H2,1-4H3. The van der Waals surface area contributed by atoms with E-state index in [4.69, 9.17) is 5.73 Å². The summed E-state index contributed by atoms with van der Waals surface area (Å²) in [5.41, 5.74) is 5.39. The van der Waals surface area contributed by atoms with Gasteiger partial charge in [0, 0.05) is 0 Å². The monoisotopic (exact) mass is 371 g/mol. The Morgan fingerprint density at radius 1 is 0.615 bits per heavy atom. The maximum Gasteiger partial charge on any atom is 0.0719 e. The second-order valence-electron chi connectivity index (χ2n) is 8.64. The molecule has 0 aromatic carbocycles. The first-order valence-electron chi connectivity index (χ1n) is 11.5. The Morgan fingerprint density at radius 2 is 0.923 bits per heavy atom. The molecule has 158 valence electrons. The average molecular weight is 372 g/mol. The van der Waals surface area contributed by atoms with Gasteiger partial charge in [-0.05, 0) is 26.2 Å². The van der Waals surface area contributed by atoms with Crippen LogP contribution in [-0.2, 0) is 0 Å². The molecular weight excluding hydrogens is 322 g/mol. The molecule has 3 heteroatoms. The molecule has 0 aromatic rings. The van der Waals surface area contributed by atoms with Crippen LogP contribution in [0.2, 0.25) is 0 Å². The van der Waals surface area contributed by atoms with E-state index in [1.54, 1.807) is 13.8 Å². The fraction of sp³-hybridized carbons (Fsp3) is 1.00. The number of rotatable bonds is 18. The Kier molecular flexibility index (Phi) is 15.8. The second kappa shape index (κ2) is 15.9. The number of hydrogen-bond acceptors (Lipinski definition) is 3. The van der Waals surface area contributed by atoms with Crippen LogP contribution in [0.4, 0.5) is 0 Å². The molecule has 0 aromatic heterocycles. The number of hydrogen-bond donors (Lipinski definition) is 3. The lowest BCUT2D eigenvalue weighted by molar-refractivity contribution is -0.0254. The van der Waals surface area contributed by atoms with Gasteiger partial charge in [0.25, 0.3) is 0 Å². The zero-order valence-corrected chi connectivity index (χ0v) is 18.3. The van der Waals surface area contributed by atoms with Crippen molar-refractivity contribution in [1.82, 2.24) is 0 Å². The lowest BCUT2D eigenvalue weighted by Crippen LogP contribution is -2.61. The Bertz CT molecular complexity index is 297. The number of nitrogens with two attached hydrogens (primary N) is 1. The minimum absolute atomic E-state index is 0.125. The summed E-state index contributed by atoms with van der Waals surface area (Å²) < 4.78 is 0. The molecule has 0 spiro atoms. The van der Waals surface area contributed by atoms with Crippen molar-refractivity contribution in [1.29, 1.82) is 0 Å². The Labute approximate surface area is 164 Å². The minimum atomic E-state index is -0.892. The molecule has 4 N–H and O–H groups in total. The summed E-state index contributed by atoms with van der Waals surface area (Å²) in [4.78, 5) is 0. The van der Waals surface area contributed by atoms with Crippen LogP contribution in [0.1, 0.15) is 124 Å². The zero-order valence-electron chi connectivity index (χ0n) is 18.3. The van der Waals surface area contributed by atoms with Gasteiger partial charge in [0.15, 0.2) is 0 Å². The first-order chi connectivity index (χ1) is 12.4. The topological polar surface area (TPSA) is 66.5 Å². The minimum Gasteiger partial charge on any atom is -0.391 e. The SMILES string of the molecule is CCCCCCCCCCCCCCCCC(C)C(N)(C(C)O)C(C)O. The summed E-state index contributed by atoms with van der Waals surface area (Å²) >= 11 is 0. The summed E-state index contributed by atoms with van der Waals surface area (Å²) in [7, 11) is 0. The molecule has 0 bridgehead atoms. The van der Waals surface area contributed by atoms with Crippen molar-refractivity contribution in [3.63, 3.8) is 0 Å². The van der Waals surface area contributed by atoms with Crippen LogP contribution in [0, 0.1) is 5.92 Å². The summed E-state index contributed by atoms with van der Waals surface area (Å²) in [6.07, 6.45) is 18.6. The second-order valence-corrected chi connectivity index (χ2v) is 8.64. The molecule has 3 unspecified atom stereocenters. The van der Waals surface area contributed by atoms with E-state index in [0.29, 0.717) is 0 Å².